The normalized spacial score (nSPS) is 15.9. The topological polar surface area (TPSA) is 50.1 Å². The van der Waals surface area contributed by atoms with E-state index in [0.29, 0.717) is 13.0 Å². The van der Waals surface area contributed by atoms with Gasteiger partial charge in [0.05, 0.1) is 0 Å². The number of hydrogen-bond acceptors (Lipinski definition) is 3. The Morgan fingerprint density at radius 2 is 2.36 bits per heavy atom. The molecule has 0 N–H and O–H groups in total. The van der Waals surface area contributed by atoms with Gasteiger partial charge >= 0.3 is 89.9 Å². The first kappa shape index (κ1) is 11.3. The molecule has 0 unspecified atom stereocenters. The molecule has 3 nitrogen and oxygen atoms in total. The molecule has 0 aromatic rings. The Balaban J connectivity index is 2.40. The Bertz CT molecular complexity index is 291. The monoisotopic (exact) mass is 259 g/mol. The third-order valence-electron chi connectivity index (χ3n) is 2.13. The third kappa shape index (κ3) is 2.87. The number of ketones is 1. The van der Waals surface area contributed by atoms with Crippen LogP contribution in [0.4, 0.5) is 0 Å². The molecule has 1 rings (SSSR count). The summed E-state index contributed by atoms with van der Waals surface area (Å²) < 4.78 is 5.50. The zero-order chi connectivity index (χ0) is 10.4. The van der Waals surface area contributed by atoms with Crippen LogP contribution >= 0.6 is 0 Å². The molecular formula is C10H13NO2Se. The first-order valence-electron chi connectivity index (χ1n) is 4.68. The van der Waals surface area contributed by atoms with Gasteiger partial charge in [-0.25, -0.2) is 0 Å². The molecule has 4 heteroatoms. The van der Waals surface area contributed by atoms with E-state index in [0.717, 1.165) is 29.5 Å². The Labute approximate surface area is 90.3 Å². The number of rotatable bonds is 5. The van der Waals surface area contributed by atoms with Crippen LogP contribution in [0.1, 0.15) is 26.2 Å². The van der Waals surface area contributed by atoms with Crippen LogP contribution in [0.3, 0.4) is 0 Å². The number of carbonyl (C=O) groups is 1. The van der Waals surface area contributed by atoms with Crippen LogP contribution < -0.4 is 0 Å². The number of carbonyl (C=O) groups excluding carboxylic acids is 1. The minimum absolute atomic E-state index is 0.0234. The van der Waals surface area contributed by atoms with Gasteiger partial charge in [0.25, 0.3) is 0 Å². The summed E-state index contributed by atoms with van der Waals surface area (Å²) in [5, 5.41) is 9.16. The summed E-state index contributed by atoms with van der Waals surface area (Å²) in [6, 6.07) is 0. The van der Waals surface area contributed by atoms with E-state index in [4.69, 9.17) is 10.00 Å². The van der Waals surface area contributed by atoms with Crippen LogP contribution in [0.25, 0.3) is 0 Å². The van der Waals surface area contributed by atoms with E-state index in [-0.39, 0.29) is 20.7 Å². The predicted molar refractivity (Wildman–Crippen MR) is 53.7 cm³/mol. The van der Waals surface area contributed by atoms with E-state index in [9.17, 15) is 4.79 Å². The van der Waals surface area contributed by atoms with Crippen LogP contribution in [0, 0.1) is 10.2 Å². The van der Waals surface area contributed by atoms with Crippen LogP contribution in [-0.4, -0.2) is 27.3 Å². The van der Waals surface area contributed by atoms with Crippen LogP contribution in [0.15, 0.2) is 11.3 Å². The van der Waals surface area contributed by atoms with Gasteiger partial charge in [0, 0.05) is 0 Å². The van der Waals surface area contributed by atoms with Gasteiger partial charge in [-0.05, 0) is 0 Å². The number of allylic oxidation sites excluding steroid dienone is 2. The first-order valence-corrected chi connectivity index (χ1v) is 6.75. The van der Waals surface area contributed by atoms with Gasteiger partial charge in [-0.1, -0.05) is 0 Å². The van der Waals surface area contributed by atoms with Gasteiger partial charge in [-0.15, -0.1) is 0 Å². The molecule has 1 aliphatic rings. The Hall–Kier alpha value is -0.781. The molecule has 0 atom stereocenters. The summed E-state index contributed by atoms with van der Waals surface area (Å²) in [6.07, 6.45) is 2.11. The second kappa shape index (κ2) is 5.85. The molecule has 1 aliphatic carbocycles. The van der Waals surface area contributed by atoms with Gasteiger partial charge in [0.2, 0.25) is 0 Å². The van der Waals surface area contributed by atoms with Crippen molar-refractivity contribution in [2.75, 3.05) is 6.61 Å². The molecule has 0 fully saturated rings. The molecule has 0 heterocycles. The SMILES string of the molecule is CCC1=C(OCC[Se]C#N)CCC1=O. The fraction of sp³-hybridized carbons (Fsp3) is 0.600. The molecule has 76 valence electrons. The van der Waals surface area contributed by atoms with Crippen molar-refractivity contribution in [3.63, 3.8) is 0 Å². The van der Waals surface area contributed by atoms with Gasteiger partial charge in [-0.2, -0.15) is 0 Å². The summed E-state index contributed by atoms with van der Waals surface area (Å²) in [6.45, 7) is 2.56. The van der Waals surface area contributed by atoms with E-state index in [1.165, 1.54) is 0 Å². The maximum absolute atomic E-state index is 11.3. The molecule has 0 spiro atoms. The second-order valence-electron chi connectivity index (χ2n) is 2.97. The summed E-state index contributed by atoms with van der Waals surface area (Å²) in [4.78, 5) is 13.4. The fourth-order valence-electron chi connectivity index (χ4n) is 1.49. The van der Waals surface area contributed by atoms with Crippen molar-refractivity contribution in [3.05, 3.63) is 11.3 Å². The second-order valence-corrected chi connectivity index (χ2v) is 4.81. The van der Waals surface area contributed by atoms with Crippen LogP contribution in [0.2, 0.25) is 5.32 Å². The summed E-state index contributed by atoms with van der Waals surface area (Å²) >= 11 is 0.0234. The van der Waals surface area contributed by atoms with E-state index < -0.39 is 0 Å². The van der Waals surface area contributed by atoms with Crippen molar-refractivity contribution >= 4 is 20.7 Å². The van der Waals surface area contributed by atoms with Crippen molar-refractivity contribution in [1.82, 2.24) is 0 Å². The van der Waals surface area contributed by atoms with Crippen molar-refractivity contribution < 1.29 is 9.53 Å². The third-order valence-corrected chi connectivity index (χ3v) is 3.18. The Morgan fingerprint density at radius 3 is 3.00 bits per heavy atom. The zero-order valence-corrected chi connectivity index (χ0v) is 9.92. The quantitative estimate of drug-likeness (QED) is 0.556. The number of Topliss-reactive ketones (excluding diaryl/α,β-unsaturated/α-hetero) is 1. The molecule has 0 saturated heterocycles. The molecule has 0 aliphatic heterocycles. The fourth-order valence-corrected chi connectivity index (χ4v) is 2.03. The maximum atomic E-state index is 11.3. The number of nitrogens with zero attached hydrogens (tertiary/aromatic N) is 1. The van der Waals surface area contributed by atoms with Gasteiger partial charge < -0.3 is 0 Å². The summed E-state index contributed by atoms with van der Waals surface area (Å²) in [5.41, 5.74) is 0.856. The molecule has 0 amide bonds. The van der Waals surface area contributed by atoms with E-state index in [1.807, 2.05) is 6.92 Å². The average molecular weight is 258 g/mol. The van der Waals surface area contributed by atoms with Crippen molar-refractivity contribution in [2.45, 2.75) is 31.5 Å². The van der Waals surface area contributed by atoms with Crippen LogP contribution in [-0.2, 0) is 9.53 Å². The Kier molecular flexibility index (Phi) is 4.72. The van der Waals surface area contributed by atoms with Crippen molar-refractivity contribution in [3.8, 4) is 4.97 Å². The predicted octanol–water partition coefficient (Wildman–Crippen LogP) is 1.63. The number of ether oxygens (including phenoxy) is 1. The van der Waals surface area contributed by atoms with E-state index >= 15 is 0 Å². The zero-order valence-electron chi connectivity index (χ0n) is 8.21. The molecule has 0 bridgehead atoms. The average Bonchev–Trinajstić information content (AvgIpc) is 2.54. The molecular weight excluding hydrogens is 245 g/mol. The number of hydrogen-bond donors (Lipinski definition) is 0. The molecule has 0 aromatic carbocycles. The van der Waals surface area contributed by atoms with Gasteiger partial charge in [0.1, 0.15) is 0 Å². The first-order chi connectivity index (χ1) is 6.79. The summed E-state index contributed by atoms with van der Waals surface area (Å²) in [5.74, 6) is 1.10. The molecule has 14 heavy (non-hydrogen) atoms. The standard InChI is InChI=1S/C10H13NO2Se/c1-2-8-9(12)3-4-10(8)13-5-6-14-7-11/h2-6H2,1H3. The van der Waals surface area contributed by atoms with E-state index in [1.54, 1.807) is 0 Å². The summed E-state index contributed by atoms with van der Waals surface area (Å²) in [7, 11) is 0. The van der Waals surface area contributed by atoms with E-state index in [2.05, 4.69) is 4.97 Å². The van der Waals surface area contributed by atoms with Crippen molar-refractivity contribution in [1.29, 1.82) is 5.26 Å². The Morgan fingerprint density at radius 1 is 1.57 bits per heavy atom. The number of nitriles is 1. The minimum atomic E-state index is 0.0234. The molecule has 0 saturated carbocycles. The van der Waals surface area contributed by atoms with Gasteiger partial charge in [0.15, 0.2) is 0 Å². The molecule has 0 radical (unpaired) electrons. The molecule has 0 aromatic heterocycles. The van der Waals surface area contributed by atoms with Crippen LogP contribution in [0.5, 0.6) is 0 Å². The van der Waals surface area contributed by atoms with Crippen molar-refractivity contribution in [2.24, 2.45) is 0 Å². The van der Waals surface area contributed by atoms with Gasteiger partial charge in [-0.3, -0.25) is 0 Å².